The second-order valence-electron chi connectivity index (χ2n) is 13.1. The van der Waals surface area contributed by atoms with Crippen molar-refractivity contribution in [2.45, 2.75) is 82.3 Å². The first kappa shape index (κ1) is 39.0. The van der Waals surface area contributed by atoms with Crippen LogP contribution in [0.15, 0.2) is 70.0 Å². The quantitative estimate of drug-likeness (QED) is 0.154. The Kier molecular flexibility index (Phi) is 14.4. The number of carbonyl (C=O) groups excluding carboxylic acids is 2. The summed E-state index contributed by atoms with van der Waals surface area (Å²) in [7, 11) is -0.834. The smallest absolute Gasteiger partial charge is 0.318 e. The van der Waals surface area contributed by atoms with Crippen LogP contribution in [0.2, 0.25) is 0 Å². The van der Waals surface area contributed by atoms with Crippen LogP contribution in [-0.2, 0) is 45.7 Å². The molecule has 272 valence electrons. The summed E-state index contributed by atoms with van der Waals surface area (Å²) in [4.78, 5) is 43.8. The molecule has 1 aliphatic rings. The summed E-state index contributed by atoms with van der Waals surface area (Å²) in [6, 6.07) is 13.0. The van der Waals surface area contributed by atoms with Gasteiger partial charge >= 0.3 is 6.03 Å². The zero-order valence-electron chi connectivity index (χ0n) is 29.0. The van der Waals surface area contributed by atoms with Gasteiger partial charge in [-0.05, 0) is 54.4 Å². The summed E-state index contributed by atoms with van der Waals surface area (Å²) in [5.41, 5.74) is 2.13. The number of urea groups is 1. The fraction of sp³-hybridized carbons (Fsp3) is 0.514. The van der Waals surface area contributed by atoms with Crippen molar-refractivity contribution in [3.8, 4) is 0 Å². The SMILES string of the molecule is COCc1nc(CN(C)C(=O)N[C@H](C(=O)N[C@@H](Cc2ccccc2)[C@H](O)CN(CC2CCC2)S(=O)(=O)c2ccc(CN=O)cc2)C(C)C)cs1. The average molecular weight is 729 g/mol. The van der Waals surface area contributed by atoms with Gasteiger partial charge in [-0.25, -0.2) is 18.2 Å². The number of ether oxygens (including phenoxy) is 1. The van der Waals surface area contributed by atoms with E-state index in [-0.39, 0.29) is 49.3 Å². The Morgan fingerprint density at radius 1 is 1.08 bits per heavy atom. The Morgan fingerprint density at radius 3 is 2.38 bits per heavy atom. The molecule has 4 rings (SSSR count). The van der Waals surface area contributed by atoms with E-state index in [4.69, 9.17) is 4.74 Å². The minimum atomic E-state index is -4.04. The molecule has 1 saturated carbocycles. The minimum Gasteiger partial charge on any atom is -0.390 e. The third-order valence-corrected chi connectivity index (χ3v) is 11.5. The number of thiazole rings is 1. The summed E-state index contributed by atoms with van der Waals surface area (Å²) in [6.07, 6.45) is 1.72. The highest BCUT2D eigenvalue weighted by Gasteiger charge is 2.35. The Morgan fingerprint density at radius 2 is 1.78 bits per heavy atom. The molecule has 13 nitrogen and oxygen atoms in total. The maximum Gasteiger partial charge on any atom is 0.318 e. The van der Waals surface area contributed by atoms with Gasteiger partial charge in [0.15, 0.2) is 0 Å². The van der Waals surface area contributed by atoms with Gasteiger partial charge in [0.05, 0.1) is 35.9 Å². The number of hydrogen-bond donors (Lipinski definition) is 3. The molecule has 0 spiro atoms. The number of amides is 3. The fourth-order valence-electron chi connectivity index (χ4n) is 5.69. The van der Waals surface area contributed by atoms with Crippen LogP contribution in [0.4, 0.5) is 4.79 Å². The molecule has 0 unspecified atom stereocenters. The second kappa shape index (κ2) is 18.5. The third-order valence-electron chi connectivity index (χ3n) is 8.82. The molecule has 2 aromatic carbocycles. The molecule has 0 saturated heterocycles. The monoisotopic (exact) mass is 728 g/mol. The Bertz CT molecular complexity index is 1650. The summed E-state index contributed by atoms with van der Waals surface area (Å²) < 4.78 is 34.3. The van der Waals surface area contributed by atoms with Crippen molar-refractivity contribution in [3.63, 3.8) is 0 Å². The number of sulfonamides is 1. The van der Waals surface area contributed by atoms with Crippen molar-refractivity contribution in [1.82, 2.24) is 24.8 Å². The molecule has 3 atom stereocenters. The standard InChI is InChI=1S/C35H48N6O7S2/c1-24(2)33(39-35(44)40(3)20-28-23-49-32(37-28)22-48-4)34(43)38-30(17-25-9-6-5-7-10-25)31(42)21-41(19-27-11-8-12-27)50(46,47)29-15-13-26(14-16-29)18-36-45/h5-7,9-10,13-16,23-24,27,30-31,33,42H,8,11-12,17-22H2,1-4H3,(H,38,43)(H,39,44)/t30-,31+,33-/m0/s1. The van der Waals surface area contributed by atoms with Crippen LogP contribution in [0.5, 0.6) is 0 Å². The number of nitrogens with zero attached hydrogens (tertiary/aromatic N) is 4. The molecule has 1 aliphatic carbocycles. The number of aromatic nitrogens is 1. The maximum atomic E-state index is 13.9. The summed E-state index contributed by atoms with van der Waals surface area (Å²) in [5.74, 6) is -0.640. The highest BCUT2D eigenvalue weighted by Crippen LogP contribution is 2.30. The third kappa shape index (κ3) is 10.9. The number of carbonyl (C=O) groups is 2. The van der Waals surface area contributed by atoms with Crippen LogP contribution in [0.3, 0.4) is 0 Å². The summed E-state index contributed by atoms with van der Waals surface area (Å²) in [6.45, 7) is 4.14. The van der Waals surface area contributed by atoms with E-state index in [0.717, 1.165) is 29.8 Å². The molecule has 0 bridgehead atoms. The van der Waals surface area contributed by atoms with Crippen molar-refractivity contribution < 1.29 is 27.9 Å². The topological polar surface area (TPSA) is 171 Å². The predicted molar refractivity (Wildman–Crippen MR) is 192 cm³/mol. The van der Waals surface area contributed by atoms with E-state index in [1.807, 2.05) is 49.6 Å². The number of aliphatic hydroxyl groups excluding tert-OH is 1. The van der Waals surface area contributed by atoms with Gasteiger partial charge in [-0.3, -0.25) is 4.79 Å². The number of nitroso groups, excluding NO2 is 1. The van der Waals surface area contributed by atoms with E-state index in [0.29, 0.717) is 17.9 Å². The second-order valence-corrected chi connectivity index (χ2v) is 16.0. The lowest BCUT2D eigenvalue weighted by Gasteiger charge is -2.35. The highest BCUT2D eigenvalue weighted by atomic mass is 32.2. The van der Waals surface area contributed by atoms with Crippen molar-refractivity contribution in [1.29, 1.82) is 0 Å². The fourth-order valence-corrected chi connectivity index (χ4v) is 7.98. The Balaban J connectivity index is 1.52. The molecule has 3 amide bonds. The van der Waals surface area contributed by atoms with Crippen molar-refractivity contribution in [2.24, 2.45) is 17.0 Å². The largest absolute Gasteiger partial charge is 0.390 e. The van der Waals surface area contributed by atoms with Crippen molar-refractivity contribution in [2.75, 3.05) is 27.2 Å². The molecule has 0 aliphatic heterocycles. The number of benzene rings is 2. The van der Waals surface area contributed by atoms with Gasteiger partial charge in [0.2, 0.25) is 15.9 Å². The van der Waals surface area contributed by atoms with Crippen LogP contribution in [0.1, 0.15) is 54.9 Å². The molecule has 0 radical (unpaired) electrons. The molecular weight excluding hydrogens is 681 g/mol. The lowest BCUT2D eigenvalue weighted by molar-refractivity contribution is -0.125. The Labute approximate surface area is 298 Å². The van der Waals surface area contributed by atoms with Crippen LogP contribution in [0.25, 0.3) is 0 Å². The van der Waals surface area contributed by atoms with Crippen molar-refractivity contribution in [3.05, 3.63) is 86.7 Å². The molecule has 15 heteroatoms. The number of aliphatic hydroxyl groups is 1. The van der Waals surface area contributed by atoms with Gasteiger partial charge in [-0.1, -0.05) is 67.9 Å². The Hall–Kier alpha value is -3.76. The van der Waals surface area contributed by atoms with E-state index in [2.05, 4.69) is 20.8 Å². The van der Waals surface area contributed by atoms with Crippen LogP contribution >= 0.6 is 11.3 Å². The lowest BCUT2D eigenvalue weighted by Crippen LogP contribution is -2.58. The number of hydrogen-bond acceptors (Lipinski definition) is 10. The van der Waals surface area contributed by atoms with Gasteiger partial charge in [0.25, 0.3) is 0 Å². The first-order valence-electron chi connectivity index (χ1n) is 16.8. The summed E-state index contributed by atoms with van der Waals surface area (Å²) in [5, 5.41) is 23.0. The zero-order valence-corrected chi connectivity index (χ0v) is 30.7. The lowest BCUT2D eigenvalue weighted by atomic mass is 9.85. The molecule has 1 heterocycles. The van der Waals surface area contributed by atoms with E-state index >= 15 is 0 Å². The molecule has 1 aromatic heterocycles. The average Bonchev–Trinajstić information content (AvgIpc) is 3.51. The first-order chi connectivity index (χ1) is 23.9. The van der Waals surface area contributed by atoms with Gasteiger partial charge in [0.1, 0.15) is 17.6 Å². The van der Waals surface area contributed by atoms with Crippen LogP contribution in [0, 0.1) is 16.7 Å². The number of methoxy groups -OCH3 is 1. The molecule has 3 aromatic rings. The molecule has 50 heavy (non-hydrogen) atoms. The van der Waals surface area contributed by atoms with E-state index in [1.165, 1.54) is 32.7 Å². The number of nitrogens with one attached hydrogen (secondary N) is 2. The molecular formula is C35H48N6O7S2. The van der Waals surface area contributed by atoms with Crippen LogP contribution in [-0.4, -0.2) is 85.1 Å². The number of rotatable bonds is 19. The predicted octanol–water partition coefficient (Wildman–Crippen LogP) is 4.30. The van der Waals surface area contributed by atoms with Gasteiger partial charge in [-0.2, -0.15) is 9.21 Å². The van der Waals surface area contributed by atoms with E-state index < -0.39 is 40.1 Å². The van der Waals surface area contributed by atoms with Gasteiger partial charge in [0, 0.05) is 32.6 Å². The minimum absolute atomic E-state index is 0.0431. The van der Waals surface area contributed by atoms with Gasteiger partial charge in [-0.15, -0.1) is 11.3 Å². The van der Waals surface area contributed by atoms with Gasteiger partial charge < -0.3 is 25.4 Å². The van der Waals surface area contributed by atoms with E-state index in [9.17, 15) is 28.0 Å². The van der Waals surface area contributed by atoms with Crippen molar-refractivity contribution >= 4 is 33.3 Å². The maximum absolute atomic E-state index is 13.9. The summed E-state index contributed by atoms with van der Waals surface area (Å²) >= 11 is 1.44. The van der Waals surface area contributed by atoms with E-state index in [1.54, 1.807) is 26.3 Å². The zero-order chi connectivity index (χ0) is 36.3. The molecule has 3 N–H and O–H groups in total. The van der Waals surface area contributed by atoms with Crippen LogP contribution < -0.4 is 10.6 Å². The highest BCUT2D eigenvalue weighted by molar-refractivity contribution is 7.89. The molecule has 1 fully saturated rings. The first-order valence-corrected chi connectivity index (χ1v) is 19.1. The normalized spacial score (nSPS) is 15.3.